The van der Waals surface area contributed by atoms with Gasteiger partial charge in [0.25, 0.3) is 0 Å². The van der Waals surface area contributed by atoms with Gasteiger partial charge in [0.2, 0.25) is 0 Å². The summed E-state index contributed by atoms with van der Waals surface area (Å²) in [4.78, 5) is 12.8. The van der Waals surface area contributed by atoms with Crippen LogP contribution in [0.5, 0.6) is 0 Å². The molecule has 0 spiro atoms. The van der Waals surface area contributed by atoms with E-state index in [9.17, 15) is 14.4 Å². The molecule has 6 heteroatoms. The number of nitrogens with zero attached hydrogens (tertiary/aromatic N) is 1. The lowest BCUT2D eigenvalue weighted by Gasteiger charge is -2.14. The van der Waals surface area contributed by atoms with Crippen LogP contribution in [-0.2, 0) is 6.42 Å². The van der Waals surface area contributed by atoms with E-state index in [1.165, 1.54) is 23.5 Å². The lowest BCUT2D eigenvalue weighted by atomic mass is 10.1. The monoisotopic (exact) mass is 332 g/mol. The molecule has 0 aliphatic rings. The van der Waals surface area contributed by atoms with Gasteiger partial charge in [0.1, 0.15) is 11.9 Å². The van der Waals surface area contributed by atoms with Crippen molar-refractivity contribution in [2.75, 3.05) is 0 Å². The number of thiophene rings is 1. The Labute approximate surface area is 138 Å². The zero-order chi connectivity index (χ0) is 17.0. The van der Waals surface area contributed by atoms with Crippen molar-refractivity contribution in [3.05, 3.63) is 57.0 Å². The summed E-state index contributed by atoms with van der Waals surface area (Å²) in [6.07, 6.45) is 0.710. The van der Waals surface area contributed by atoms with Crippen LogP contribution in [0.3, 0.4) is 0 Å². The van der Waals surface area contributed by atoms with Crippen molar-refractivity contribution >= 4 is 17.4 Å². The summed E-state index contributed by atoms with van der Waals surface area (Å²) in [6.45, 7) is 3.57. The number of urea groups is 1. The number of primary amides is 1. The first-order valence-corrected chi connectivity index (χ1v) is 7.81. The van der Waals surface area contributed by atoms with Gasteiger partial charge in [-0.25, -0.2) is 9.18 Å². The Bertz CT molecular complexity index is 759. The largest absolute Gasteiger partial charge is 0.350 e. The lowest BCUT2D eigenvalue weighted by molar-refractivity contribution is -0.0536. The fraction of sp³-hybridized carbons (Fsp3) is 0.235. The molecule has 0 fully saturated rings. The second-order valence-electron chi connectivity index (χ2n) is 5.15. The summed E-state index contributed by atoms with van der Waals surface area (Å²) in [5.41, 5.74) is 7.11. The molecule has 0 aliphatic carbocycles. The van der Waals surface area contributed by atoms with Gasteiger partial charge in [-0.15, -0.1) is 11.3 Å². The summed E-state index contributed by atoms with van der Waals surface area (Å²) < 4.78 is 12.9. The predicted molar refractivity (Wildman–Crippen MR) is 87.8 cm³/mol. The normalized spacial score (nSPS) is 11.5. The Hall–Kier alpha value is -2.36. The molecule has 3 N–H and O–H groups in total. The SMILES string of the molecule is Cc1cc(C#CC(C)N(O)C(N)=O)sc1Cc1ccc(F)cc1. The Morgan fingerprint density at radius 2 is 2.09 bits per heavy atom. The van der Waals surface area contributed by atoms with Gasteiger partial charge >= 0.3 is 6.03 Å². The molecule has 1 aromatic carbocycles. The van der Waals surface area contributed by atoms with Crippen LogP contribution in [0.1, 0.15) is 27.8 Å². The van der Waals surface area contributed by atoms with Crippen LogP contribution in [-0.4, -0.2) is 22.3 Å². The molecule has 1 unspecified atom stereocenters. The topological polar surface area (TPSA) is 66.6 Å². The van der Waals surface area contributed by atoms with Gasteiger partial charge in [0, 0.05) is 11.3 Å². The van der Waals surface area contributed by atoms with E-state index in [1.807, 2.05) is 13.0 Å². The number of hydrogen-bond acceptors (Lipinski definition) is 3. The van der Waals surface area contributed by atoms with E-state index in [0.29, 0.717) is 11.5 Å². The highest BCUT2D eigenvalue weighted by Crippen LogP contribution is 2.24. The fourth-order valence-electron chi connectivity index (χ4n) is 1.97. The van der Waals surface area contributed by atoms with E-state index >= 15 is 0 Å². The smallest absolute Gasteiger partial charge is 0.339 e. The maximum atomic E-state index is 12.9. The average molecular weight is 332 g/mol. The van der Waals surface area contributed by atoms with Gasteiger partial charge in [0.05, 0.1) is 4.88 Å². The molecule has 2 amide bonds. The van der Waals surface area contributed by atoms with E-state index in [4.69, 9.17) is 5.73 Å². The molecular weight excluding hydrogens is 315 g/mol. The van der Waals surface area contributed by atoms with Crippen LogP contribution in [0, 0.1) is 24.6 Å². The van der Waals surface area contributed by atoms with Gasteiger partial charge in [-0.1, -0.05) is 24.0 Å². The first kappa shape index (κ1) is 17.0. The summed E-state index contributed by atoms with van der Waals surface area (Å²) in [5, 5.41) is 9.77. The van der Waals surface area contributed by atoms with Crippen molar-refractivity contribution < 1.29 is 14.4 Å². The first-order valence-electron chi connectivity index (χ1n) is 6.99. The number of benzene rings is 1. The van der Waals surface area contributed by atoms with Crippen molar-refractivity contribution in [2.24, 2.45) is 5.73 Å². The van der Waals surface area contributed by atoms with Crippen molar-refractivity contribution in [3.63, 3.8) is 0 Å². The quantitative estimate of drug-likeness (QED) is 0.514. The van der Waals surface area contributed by atoms with Crippen LogP contribution < -0.4 is 5.73 Å². The van der Waals surface area contributed by atoms with Gasteiger partial charge < -0.3 is 5.73 Å². The number of hydroxylamine groups is 2. The van der Waals surface area contributed by atoms with Gasteiger partial charge in [-0.3, -0.25) is 5.21 Å². The minimum Gasteiger partial charge on any atom is -0.350 e. The van der Waals surface area contributed by atoms with Crippen LogP contribution >= 0.6 is 11.3 Å². The molecule has 2 rings (SSSR count). The number of nitrogens with two attached hydrogens (primary N) is 1. The number of halogens is 1. The van der Waals surface area contributed by atoms with Crippen LogP contribution in [0.25, 0.3) is 0 Å². The van der Waals surface area contributed by atoms with Gasteiger partial charge in [0.15, 0.2) is 0 Å². The van der Waals surface area contributed by atoms with E-state index in [-0.39, 0.29) is 5.82 Å². The van der Waals surface area contributed by atoms with Gasteiger partial charge in [-0.2, -0.15) is 5.06 Å². The first-order chi connectivity index (χ1) is 10.9. The minimum absolute atomic E-state index is 0.250. The Balaban J connectivity index is 2.12. The van der Waals surface area contributed by atoms with Crippen molar-refractivity contribution in [3.8, 4) is 11.8 Å². The molecule has 2 aromatic rings. The molecule has 120 valence electrons. The second-order valence-corrected chi connectivity index (χ2v) is 6.28. The van der Waals surface area contributed by atoms with Crippen LogP contribution in [0.2, 0.25) is 0 Å². The maximum absolute atomic E-state index is 12.9. The molecule has 0 saturated heterocycles. The number of carbonyl (C=O) groups excluding carboxylic acids is 1. The Kier molecular flexibility index (Phi) is 5.37. The molecule has 0 saturated carbocycles. The highest BCUT2D eigenvalue weighted by Gasteiger charge is 2.12. The van der Waals surface area contributed by atoms with Crippen molar-refractivity contribution in [1.29, 1.82) is 0 Å². The van der Waals surface area contributed by atoms with E-state index in [2.05, 4.69) is 11.8 Å². The molecule has 1 aromatic heterocycles. The van der Waals surface area contributed by atoms with E-state index in [0.717, 1.165) is 20.9 Å². The third-order valence-electron chi connectivity index (χ3n) is 3.30. The second kappa shape index (κ2) is 7.27. The molecule has 0 bridgehead atoms. The molecule has 1 heterocycles. The zero-order valence-corrected chi connectivity index (χ0v) is 13.7. The number of hydrogen-bond donors (Lipinski definition) is 2. The summed E-state index contributed by atoms with van der Waals surface area (Å²) >= 11 is 1.54. The van der Waals surface area contributed by atoms with E-state index < -0.39 is 12.1 Å². The Morgan fingerprint density at radius 3 is 2.70 bits per heavy atom. The standard InChI is InChI=1S/C17H17FN2O2S/c1-11-9-15(8-3-12(2)20(22)17(19)21)23-16(11)10-13-4-6-14(18)7-5-13/h4-7,9,12,22H,10H2,1-2H3,(H2,19,21). The van der Waals surface area contributed by atoms with Crippen LogP contribution in [0.15, 0.2) is 30.3 Å². The highest BCUT2D eigenvalue weighted by molar-refractivity contribution is 7.12. The number of carbonyl (C=O) groups is 1. The number of rotatable bonds is 3. The Morgan fingerprint density at radius 1 is 1.43 bits per heavy atom. The lowest BCUT2D eigenvalue weighted by Crippen LogP contribution is -2.38. The summed E-state index contributed by atoms with van der Waals surface area (Å²) in [5.74, 6) is 5.46. The zero-order valence-electron chi connectivity index (χ0n) is 12.8. The maximum Gasteiger partial charge on any atom is 0.339 e. The van der Waals surface area contributed by atoms with Gasteiger partial charge in [-0.05, 0) is 43.2 Å². The molecule has 4 nitrogen and oxygen atoms in total. The number of amides is 2. The molecule has 0 aliphatic heterocycles. The summed E-state index contributed by atoms with van der Waals surface area (Å²) in [6, 6.07) is 6.74. The molecule has 0 radical (unpaired) electrons. The average Bonchev–Trinajstić information content (AvgIpc) is 2.86. The minimum atomic E-state index is -0.939. The molecule has 1 atom stereocenters. The third kappa shape index (κ3) is 4.55. The van der Waals surface area contributed by atoms with Crippen LogP contribution in [0.4, 0.5) is 9.18 Å². The predicted octanol–water partition coefficient (Wildman–Crippen LogP) is 3.30. The van der Waals surface area contributed by atoms with E-state index in [1.54, 1.807) is 19.1 Å². The third-order valence-corrected chi connectivity index (χ3v) is 4.45. The molecule has 23 heavy (non-hydrogen) atoms. The highest BCUT2D eigenvalue weighted by atomic mass is 32.1. The van der Waals surface area contributed by atoms with Crippen molar-refractivity contribution in [2.45, 2.75) is 26.3 Å². The molecular formula is C17H17FN2O2S. The fourth-order valence-corrected chi connectivity index (χ4v) is 3.04. The number of aryl methyl sites for hydroxylation is 1. The van der Waals surface area contributed by atoms with Crippen molar-refractivity contribution in [1.82, 2.24) is 5.06 Å². The summed E-state index contributed by atoms with van der Waals surface area (Å²) in [7, 11) is 0.